The lowest BCUT2D eigenvalue weighted by atomic mass is 10.1. The van der Waals surface area contributed by atoms with Gasteiger partial charge in [0.2, 0.25) is 0 Å². The molecule has 0 N–H and O–H groups in total. The Kier molecular flexibility index (Phi) is 5.99. The molecule has 144 valence electrons. The molecule has 0 aliphatic carbocycles. The van der Waals surface area contributed by atoms with Gasteiger partial charge in [0.15, 0.2) is 11.5 Å². The van der Waals surface area contributed by atoms with Gasteiger partial charge < -0.3 is 9.47 Å². The number of hydrogen-bond acceptors (Lipinski definition) is 3. The van der Waals surface area contributed by atoms with Crippen molar-refractivity contribution in [3.8, 4) is 11.5 Å². The lowest BCUT2D eigenvalue weighted by Crippen LogP contribution is -2.06. The summed E-state index contributed by atoms with van der Waals surface area (Å²) in [7, 11) is 0. The van der Waals surface area contributed by atoms with Crippen molar-refractivity contribution < 1.29 is 27.4 Å². The number of rotatable bonds is 7. The third-order valence-corrected chi connectivity index (χ3v) is 3.99. The molecule has 3 nitrogen and oxygen atoms in total. The zero-order valence-corrected chi connectivity index (χ0v) is 14.8. The Morgan fingerprint density at radius 2 is 1.43 bits per heavy atom. The van der Waals surface area contributed by atoms with E-state index in [1.165, 1.54) is 12.1 Å². The Labute approximate surface area is 160 Å². The Morgan fingerprint density at radius 1 is 0.750 bits per heavy atom. The van der Waals surface area contributed by atoms with Crippen molar-refractivity contribution in [1.29, 1.82) is 0 Å². The van der Waals surface area contributed by atoms with Gasteiger partial charge in [-0.3, -0.25) is 4.79 Å². The molecule has 0 bridgehead atoms. The summed E-state index contributed by atoms with van der Waals surface area (Å²) in [6.07, 6.45) is -3.72. The van der Waals surface area contributed by atoms with Crippen LogP contribution in [0.2, 0.25) is 0 Å². The summed E-state index contributed by atoms with van der Waals surface area (Å²) in [4.78, 5) is 11.1. The molecule has 0 spiro atoms. The highest BCUT2D eigenvalue weighted by molar-refractivity contribution is 5.76. The van der Waals surface area contributed by atoms with Crippen LogP contribution in [-0.2, 0) is 19.4 Å². The molecule has 0 saturated heterocycles. The minimum atomic E-state index is -4.41. The van der Waals surface area contributed by atoms with E-state index in [0.29, 0.717) is 28.9 Å². The summed E-state index contributed by atoms with van der Waals surface area (Å²) < 4.78 is 50.0. The quantitative estimate of drug-likeness (QED) is 0.491. The first-order valence-electron chi connectivity index (χ1n) is 8.50. The monoisotopic (exact) mass is 386 g/mol. The van der Waals surface area contributed by atoms with Gasteiger partial charge in [-0.25, -0.2) is 0 Å². The van der Waals surface area contributed by atoms with E-state index in [1.807, 2.05) is 30.3 Å². The molecule has 3 rings (SSSR count). The lowest BCUT2D eigenvalue weighted by molar-refractivity contribution is -0.137. The van der Waals surface area contributed by atoms with Crippen molar-refractivity contribution >= 4 is 6.29 Å². The summed E-state index contributed by atoms with van der Waals surface area (Å²) in [6, 6.07) is 19.1. The van der Waals surface area contributed by atoms with Crippen LogP contribution in [0.4, 0.5) is 13.2 Å². The van der Waals surface area contributed by atoms with Gasteiger partial charge in [-0.2, -0.15) is 13.2 Å². The van der Waals surface area contributed by atoms with Crippen LogP contribution in [-0.4, -0.2) is 6.29 Å². The van der Waals surface area contributed by atoms with Crippen molar-refractivity contribution in [3.05, 3.63) is 95.1 Å². The molecule has 3 aromatic carbocycles. The number of halogens is 3. The molecule has 0 atom stereocenters. The zero-order chi connectivity index (χ0) is 20.0. The fourth-order valence-electron chi connectivity index (χ4n) is 2.56. The minimum absolute atomic E-state index is 0.0634. The van der Waals surface area contributed by atoms with Gasteiger partial charge in [-0.1, -0.05) is 42.5 Å². The van der Waals surface area contributed by atoms with Gasteiger partial charge in [-0.05, 0) is 41.5 Å². The Balaban J connectivity index is 1.75. The summed E-state index contributed by atoms with van der Waals surface area (Å²) >= 11 is 0. The SMILES string of the molecule is O=Cc1ccc(OCc2cccc(C(F)(F)F)c2)c(OCc2ccccc2)c1. The highest BCUT2D eigenvalue weighted by Gasteiger charge is 2.30. The van der Waals surface area contributed by atoms with Crippen LogP contribution in [0, 0.1) is 0 Å². The topological polar surface area (TPSA) is 35.5 Å². The third-order valence-electron chi connectivity index (χ3n) is 3.99. The highest BCUT2D eigenvalue weighted by atomic mass is 19.4. The van der Waals surface area contributed by atoms with Crippen LogP contribution < -0.4 is 9.47 Å². The molecule has 28 heavy (non-hydrogen) atoms. The van der Waals surface area contributed by atoms with E-state index in [1.54, 1.807) is 18.2 Å². The Morgan fingerprint density at radius 3 is 2.14 bits per heavy atom. The van der Waals surface area contributed by atoms with Crippen molar-refractivity contribution in [2.45, 2.75) is 19.4 Å². The van der Waals surface area contributed by atoms with Crippen LogP contribution in [0.3, 0.4) is 0 Å². The lowest BCUT2D eigenvalue weighted by Gasteiger charge is -2.14. The van der Waals surface area contributed by atoms with Gasteiger partial charge in [0.05, 0.1) is 5.56 Å². The number of ether oxygens (including phenoxy) is 2. The van der Waals surface area contributed by atoms with E-state index < -0.39 is 11.7 Å². The van der Waals surface area contributed by atoms with Crippen LogP contribution >= 0.6 is 0 Å². The van der Waals surface area contributed by atoms with Gasteiger partial charge in [0, 0.05) is 5.56 Å². The molecule has 0 saturated carbocycles. The Bertz CT molecular complexity index is 937. The van der Waals surface area contributed by atoms with E-state index >= 15 is 0 Å². The van der Waals surface area contributed by atoms with Gasteiger partial charge in [0.25, 0.3) is 0 Å². The first-order valence-corrected chi connectivity index (χ1v) is 8.50. The van der Waals surface area contributed by atoms with E-state index in [2.05, 4.69) is 0 Å². The molecular formula is C22H17F3O3. The molecule has 6 heteroatoms. The minimum Gasteiger partial charge on any atom is -0.485 e. The number of carbonyl (C=O) groups excluding carboxylic acids is 1. The fraction of sp³-hybridized carbons (Fsp3) is 0.136. The van der Waals surface area contributed by atoms with E-state index in [-0.39, 0.29) is 13.2 Å². The number of hydrogen-bond donors (Lipinski definition) is 0. The normalized spacial score (nSPS) is 11.1. The van der Waals surface area contributed by atoms with E-state index in [4.69, 9.17) is 9.47 Å². The number of alkyl halides is 3. The van der Waals surface area contributed by atoms with Gasteiger partial charge in [-0.15, -0.1) is 0 Å². The number of carbonyl (C=O) groups is 1. The maximum Gasteiger partial charge on any atom is 0.416 e. The molecule has 0 heterocycles. The first-order chi connectivity index (χ1) is 13.5. The predicted molar refractivity (Wildman–Crippen MR) is 98.4 cm³/mol. The fourth-order valence-corrected chi connectivity index (χ4v) is 2.56. The second-order valence-corrected chi connectivity index (χ2v) is 6.09. The van der Waals surface area contributed by atoms with E-state index in [0.717, 1.165) is 17.7 Å². The van der Waals surface area contributed by atoms with Crippen LogP contribution in [0.1, 0.15) is 27.0 Å². The molecule has 0 aromatic heterocycles. The maximum absolute atomic E-state index is 12.8. The first kappa shape index (κ1) is 19.5. The Hall–Kier alpha value is -3.28. The predicted octanol–water partition coefficient (Wildman–Crippen LogP) is 5.68. The smallest absolute Gasteiger partial charge is 0.416 e. The molecule has 0 aliphatic heterocycles. The second-order valence-electron chi connectivity index (χ2n) is 6.09. The molecule has 0 radical (unpaired) electrons. The molecule has 0 aliphatic rings. The van der Waals surface area contributed by atoms with Gasteiger partial charge >= 0.3 is 6.18 Å². The molecular weight excluding hydrogens is 369 g/mol. The van der Waals surface area contributed by atoms with Crippen molar-refractivity contribution in [2.24, 2.45) is 0 Å². The van der Waals surface area contributed by atoms with E-state index in [9.17, 15) is 18.0 Å². The summed E-state index contributed by atoms with van der Waals surface area (Å²) in [6.45, 7) is 0.203. The average molecular weight is 386 g/mol. The number of aldehydes is 1. The zero-order valence-electron chi connectivity index (χ0n) is 14.8. The average Bonchev–Trinajstić information content (AvgIpc) is 2.71. The summed E-state index contributed by atoms with van der Waals surface area (Å²) in [5.41, 5.74) is 0.992. The number of benzene rings is 3. The van der Waals surface area contributed by atoms with Crippen molar-refractivity contribution in [3.63, 3.8) is 0 Å². The highest BCUT2D eigenvalue weighted by Crippen LogP contribution is 2.32. The van der Waals surface area contributed by atoms with Gasteiger partial charge in [0.1, 0.15) is 19.5 Å². The largest absolute Gasteiger partial charge is 0.485 e. The molecule has 3 aromatic rings. The summed E-state index contributed by atoms with van der Waals surface area (Å²) in [5, 5.41) is 0. The maximum atomic E-state index is 12.8. The van der Waals surface area contributed by atoms with Crippen LogP contribution in [0.5, 0.6) is 11.5 Å². The third kappa shape index (κ3) is 5.13. The van der Waals surface area contributed by atoms with Crippen LogP contribution in [0.25, 0.3) is 0 Å². The second kappa shape index (κ2) is 8.61. The van der Waals surface area contributed by atoms with Crippen molar-refractivity contribution in [2.75, 3.05) is 0 Å². The molecule has 0 amide bonds. The standard InChI is InChI=1S/C22H17F3O3/c23-22(24,25)19-8-4-7-18(11-19)15-27-20-10-9-17(13-26)12-21(20)28-14-16-5-2-1-3-6-16/h1-13H,14-15H2. The molecule has 0 unspecified atom stereocenters. The molecule has 0 fully saturated rings. The van der Waals surface area contributed by atoms with Crippen LogP contribution in [0.15, 0.2) is 72.8 Å². The summed E-state index contributed by atoms with van der Waals surface area (Å²) in [5.74, 6) is 0.694. The van der Waals surface area contributed by atoms with Crippen molar-refractivity contribution in [1.82, 2.24) is 0 Å².